The highest BCUT2D eigenvalue weighted by Gasteiger charge is 2.29. The van der Waals surface area contributed by atoms with Crippen LogP contribution in [0, 0.1) is 13.8 Å². The van der Waals surface area contributed by atoms with Gasteiger partial charge in [0.2, 0.25) is 11.8 Å². The van der Waals surface area contributed by atoms with Gasteiger partial charge in [0, 0.05) is 18.3 Å². The standard InChI is InChI=1S/C16H22N4O4/c1-11-8-14(18-12(2)17-11)24-13-4-3-5-19(9-13)15(21)10-20-6-7-23-16(20)22/h8,13H,3-7,9-10H2,1-2H3/t13-/m1/s1. The molecule has 3 heterocycles. The molecule has 0 unspecified atom stereocenters. The quantitative estimate of drug-likeness (QED) is 0.814. The number of hydrogen-bond donors (Lipinski definition) is 0. The van der Waals surface area contributed by atoms with E-state index in [4.69, 9.17) is 9.47 Å². The lowest BCUT2D eigenvalue weighted by atomic mass is 10.1. The molecule has 0 saturated carbocycles. The summed E-state index contributed by atoms with van der Waals surface area (Å²) < 4.78 is 10.8. The first-order valence-electron chi connectivity index (χ1n) is 8.19. The summed E-state index contributed by atoms with van der Waals surface area (Å²) in [5.41, 5.74) is 0.855. The largest absolute Gasteiger partial charge is 0.472 e. The zero-order valence-corrected chi connectivity index (χ0v) is 14.0. The molecule has 0 aromatic carbocycles. The van der Waals surface area contributed by atoms with Crippen molar-refractivity contribution in [2.24, 2.45) is 0 Å². The van der Waals surface area contributed by atoms with E-state index in [1.807, 2.05) is 13.8 Å². The van der Waals surface area contributed by atoms with E-state index in [9.17, 15) is 9.59 Å². The molecule has 2 aliphatic rings. The first-order chi connectivity index (χ1) is 11.5. The van der Waals surface area contributed by atoms with Crippen molar-refractivity contribution in [3.8, 4) is 5.88 Å². The molecule has 2 saturated heterocycles. The lowest BCUT2D eigenvalue weighted by molar-refractivity contribution is -0.134. The van der Waals surface area contributed by atoms with Crippen molar-refractivity contribution in [1.82, 2.24) is 19.8 Å². The van der Waals surface area contributed by atoms with E-state index in [2.05, 4.69) is 9.97 Å². The predicted molar refractivity (Wildman–Crippen MR) is 84.7 cm³/mol. The average molecular weight is 334 g/mol. The van der Waals surface area contributed by atoms with Crippen molar-refractivity contribution in [2.45, 2.75) is 32.8 Å². The Balaban J connectivity index is 1.57. The van der Waals surface area contributed by atoms with Gasteiger partial charge in [-0.25, -0.2) is 9.78 Å². The van der Waals surface area contributed by atoms with Crippen molar-refractivity contribution < 1.29 is 19.1 Å². The molecular formula is C16H22N4O4. The van der Waals surface area contributed by atoms with Gasteiger partial charge in [-0.2, -0.15) is 4.98 Å². The molecule has 2 aliphatic heterocycles. The van der Waals surface area contributed by atoms with Crippen molar-refractivity contribution in [2.75, 3.05) is 32.8 Å². The highest BCUT2D eigenvalue weighted by Crippen LogP contribution is 2.18. The topological polar surface area (TPSA) is 84.9 Å². The minimum Gasteiger partial charge on any atom is -0.472 e. The monoisotopic (exact) mass is 334 g/mol. The normalized spacial score (nSPS) is 20.9. The molecule has 8 heteroatoms. The van der Waals surface area contributed by atoms with Gasteiger partial charge in [-0.3, -0.25) is 9.69 Å². The number of nitrogens with zero attached hydrogens (tertiary/aromatic N) is 4. The van der Waals surface area contributed by atoms with Gasteiger partial charge in [0.15, 0.2) is 0 Å². The van der Waals surface area contributed by atoms with Crippen LogP contribution in [0.1, 0.15) is 24.4 Å². The number of piperidine rings is 1. The third-order valence-electron chi connectivity index (χ3n) is 4.13. The number of rotatable bonds is 4. The second-order valence-corrected chi connectivity index (χ2v) is 6.15. The summed E-state index contributed by atoms with van der Waals surface area (Å²) in [4.78, 5) is 35.6. The van der Waals surface area contributed by atoms with Crippen LogP contribution in [0.15, 0.2) is 6.07 Å². The van der Waals surface area contributed by atoms with Gasteiger partial charge >= 0.3 is 6.09 Å². The molecule has 0 radical (unpaired) electrons. The van der Waals surface area contributed by atoms with Crippen LogP contribution < -0.4 is 4.74 Å². The highest BCUT2D eigenvalue weighted by atomic mass is 16.6. The van der Waals surface area contributed by atoms with Crippen LogP contribution in [0.25, 0.3) is 0 Å². The molecule has 0 spiro atoms. The van der Waals surface area contributed by atoms with E-state index < -0.39 is 6.09 Å². The van der Waals surface area contributed by atoms with E-state index in [0.717, 1.165) is 18.5 Å². The average Bonchev–Trinajstić information content (AvgIpc) is 2.91. The Hall–Kier alpha value is -2.38. The van der Waals surface area contributed by atoms with Gasteiger partial charge in [0.05, 0.1) is 13.1 Å². The SMILES string of the molecule is Cc1cc(O[C@@H]2CCCN(C(=O)CN3CCOC3=O)C2)nc(C)n1. The minimum atomic E-state index is -0.417. The summed E-state index contributed by atoms with van der Waals surface area (Å²) in [5, 5.41) is 0. The van der Waals surface area contributed by atoms with E-state index in [-0.39, 0.29) is 18.6 Å². The molecule has 1 aromatic rings. The van der Waals surface area contributed by atoms with Crippen molar-refractivity contribution in [3.63, 3.8) is 0 Å². The van der Waals surface area contributed by atoms with Gasteiger partial charge in [-0.15, -0.1) is 0 Å². The first kappa shape index (κ1) is 16.5. The van der Waals surface area contributed by atoms with Gasteiger partial charge in [0.1, 0.15) is 25.1 Å². The van der Waals surface area contributed by atoms with Crippen LogP contribution in [-0.4, -0.2) is 70.7 Å². The zero-order valence-electron chi connectivity index (χ0n) is 14.0. The van der Waals surface area contributed by atoms with Crippen LogP contribution >= 0.6 is 0 Å². The maximum absolute atomic E-state index is 12.4. The number of carbonyl (C=O) groups excluding carboxylic acids is 2. The van der Waals surface area contributed by atoms with Crippen molar-refractivity contribution >= 4 is 12.0 Å². The van der Waals surface area contributed by atoms with Gasteiger partial charge in [-0.1, -0.05) is 0 Å². The molecule has 2 amide bonds. The molecule has 2 fully saturated rings. The first-order valence-corrected chi connectivity index (χ1v) is 8.19. The van der Waals surface area contributed by atoms with E-state index in [1.165, 1.54) is 4.90 Å². The summed E-state index contributed by atoms with van der Waals surface area (Å²) in [7, 11) is 0. The molecule has 130 valence electrons. The minimum absolute atomic E-state index is 0.0667. The Morgan fingerprint density at radius 1 is 1.38 bits per heavy atom. The summed E-state index contributed by atoms with van der Waals surface area (Å²) in [6.07, 6.45) is 1.23. The Kier molecular flexibility index (Phi) is 4.82. The van der Waals surface area contributed by atoms with Crippen LogP contribution in [0.4, 0.5) is 4.79 Å². The maximum Gasteiger partial charge on any atom is 0.410 e. The lowest BCUT2D eigenvalue weighted by Gasteiger charge is -2.33. The smallest absolute Gasteiger partial charge is 0.410 e. The summed E-state index contributed by atoms with van der Waals surface area (Å²) >= 11 is 0. The Labute approximate surface area is 140 Å². The second kappa shape index (κ2) is 7.02. The van der Waals surface area contributed by atoms with Crippen LogP contribution in [0.2, 0.25) is 0 Å². The predicted octanol–water partition coefficient (Wildman–Crippen LogP) is 0.915. The fraction of sp³-hybridized carbons (Fsp3) is 0.625. The maximum atomic E-state index is 12.4. The molecule has 0 bridgehead atoms. The van der Waals surface area contributed by atoms with E-state index in [0.29, 0.717) is 37.9 Å². The van der Waals surface area contributed by atoms with Gasteiger partial charge < -0.3 is 14.4 Å². The molecule has 24 heavy (non-hydrogen) atoms. The van der Waals surface area contributed by atoms with E-state index >= 15 is 0 Å². The Morgan fingerprint density at radius 2 is 2.21 bits per heavy atom. The van der Waals surface area contributed by atoms with Crippen LogP contribution in [0.3, 0.4) is 0 Å². The third kappa shape index (κ3) is 3.93. The van der Waals surface area contributed by atoms with Crippen molar-refractivity contribution in [3.05, 3.63) is 17.6 Å². The fourth-order valence-electron chi connectivity index (χ4n) is 3.01. The number of aromatic nitrogens is 2. The number of amides is 2. The molecule has 1 aromatic heterocycles. The second-order valence-electron chi connectivity index (χ2n) is 6.15. The van der Waals surface area contributed by atoms with E-state index in [1.54, 1.807) is 11.0 Å². The molecular weight excluding hydrogens is 312 g/mol. The number of hydrogen-bond acceptors (Lipinski definition) is 6. The number of aryl methyl sites for hydroxylation is 2. The number of ether oxygens (including phenoxy) is 2. The number of cyclic esters (lactones) is 1. The van der Waals surface area contributed by atoms with Crippen molar-refractivity contribution in [1.29, 1.82) is 0 Å². The fourth-order valence-corrected chi connectivity index (χ4v) is 3.01. The highest BCUT2D eigenvalue weighted by molar-refractivity contribution is 5.83. The molecule has 3 rings (SSSR count). The number of likely N-dealkylation sites (tertiary alicyclic amines) is 1. The molecule has 0 aliphatic carbocycles. The lowest BCUT2D eigenvalue weighted by Crippen LogP contribution is -2.48. The summed E-state index contributed by atoms with van der Waals surface area (Å²) in [6, 6.07) is 1.80. The molecule has 8 nitrogen and oxygen atoms in total. The van der Waals surface area contributed by atoms with Gasteiger partial charge in [-0.05, 0) is 26.7 Å². The van der Waals surface area contributed by atoms with Crippen LogP contribution in [0.5, 0.6) is 5.88 Å². The molecule has 1 atom stereocenters. The summed E-state index contributed by atoms with van der Waals surface area (Å²) in [5.74, 6) is 1.14. The third-order valence-corrected chi connectivity index (χ3v) is 4.13. The molecule has 0 N–H and O–H groups in total. The van der Waals surface area contributed by atoms with Crippen LogP contribution in [-0.2, 0) is 9.53 Å². The number of carbonyl (C=O) groups is 2. The Bertz CT molecular complexity index is 616. The van der Waals surface area contributed by atoms with Gasteiger partial charge in [0.25, 0.3) is 0 Å². The zero-order chi connectivity index (χ0) is 17.1. The summed E-state index contributed by atoms with van der Waals surface area (Å²) in [6.45, 7) is 5.80. The Morgan fingerprint density at radius 3 is 2.92 bits per heavy atom.